The van der Waals surface area contributed by atoms with Gasteiger partial charge >= 0.3 is 11.9 Å². The quantitative estimate of drug-likeness (QED) is 0.791. The Balaban J connectivity index is 2.82. The van der Waals surface area contributed by atoms with E-state index in [1.54, 1.807) is 0 Å². The molecule has 0 N–H and O–H groups in total. The molecule has 0 aliphatic rings. The number of aromatic nitrogens is 3. The van der Waals surface area contributed by atoms with Crippen LogP contribution in [0.4, 0.5) is 13.2 Å². The van der Waals surface area contributed by atoms with Crippen molar-refractivity contribution in [2.45, 2.75) is 32.0 Å². The van der Waals surface area contributed by atoms with E-state index in [0.717, 1.165) is 21.3 Å². The number of alkyl halides is 3. The Morgan fingerprint density at radius 2 is 1.77 bits per heavy atom. The van der Waals surface area contributed by atoms with Gasteiger partial charge in [-0.15, -0.1) is 0 Å². The van der Waals surface area contributed by atoms with Crippen molar-refractivity contribution >= 4 is 19.1 Å². The Hall–Kier alpha value is -1.90. The minimum absolute atomic E-state index is 0.00773. The molecule has 0 atom stereocenters. The molecule has 0 aromatic carbocycles. The van der Waals surface area contributed by atoms with Crippen LogP contribution >= 0.6 is 0 Å². The van der Waals surface area contributed by atoms with Gasteiger partial charge in [-0.2, -0.15) is 13.2 Å². The molecule has 2 heterocycles. The maximum Gasteiger partial charge on any atom is 0.433 e. The van der Waals surface area contributed by atoms with E-state index in [1.807, 2.05) is 19.6 Å². The van der Waals surface area contributed by atoms with Crippen LogP contribution in [-0.2, 0) is 19.4 Å². The van der Waals surface area contributed by atoms with Crippen molar-refractivity contribution in [3.63, 3.8) is 0 Å². The van der Waals surface area contributed by atoms with Gasteiger partial charge < -0.3 is 0 Å². The first-order chi connectivity index (χ1) is 9.92. The lowest BCUT2D eigenvalue weighted by Crippen LogP contribution is -2.45. The first-order valence-corrected chi connectivity index (χ1v) is 10.3. The summed E-state index contributed by atoms with van der Waals surface area (Å²) >= 11 is 0. The second-order valence-corrected chi connectivity index (χ2v) is 11.8. The van der Waals surface area contributed by atoms with Crippen LogP contribution < -0.4 is 11.2 Å². The predicted molar refractivity (Wildman–Crippen MR) is 79.6 cm³/mol. The molecule has 0 fully saturated rings. The van der Waals surface area contributed by atoms with Gasteiger partial charge in [0.25, 0.3) is 5.56 Å². The van der Waals surface area contributed by atoms with Gasteiger partial charge in [-0.05, 0) is 12.1 Å². The normalized spacial score (nSPS) is 12.9. The van der Waals surface area contributed by atoms with Crippen molar-refractivity contribution in [1.29, 1.82) is 0 Å². The van der Waals surface area contributed by atoms with E-state index >= 15 is 0 Å². The van der Waals surface area contributed by atoms with Gasteiger partial charge in [0.05, 0.1) is 13.5 Å². The van der Waals surface area contributed by atoms with Gasteiger partial charge in [-0.3, -0.25) is 13.9 Å². The minimum atomic E-state index is -4.63. The molecular weight excluding hydrogens is 315 g/mol. The molecule has 0 saturated heterocycles. The van der Waals surface area contributed by atoms with Crippen LogP contribution in [-0.4, -0.2) is 22.2 Å². The summed E-state index contributed by atoms with van der Waals surface area (Å²) in [5.74, 6) is 0. The molecule has 2 aromatic heterocycles. The van der Waals surface area contributed by atoms with E-state index in [4.69, 9.17) is 0 Å². The standard InChI is InChI=1S/C13H16F3N3O2Si/c1-18-10-8(5-6-9(17-10)13(14,15)16)11(20)19(12(18)21)7-22(2,3)4/h5-6H,7H2,1-4H3. The molecule has 120 valence electrons. The fourth-order valence-corrected chi connectivity index (χ4v) is 3.37. The van der Waals surface area contributed by atoms with E-state index in [-0.39, 0.29) is 11.0 Å². The Morgan fingerprint density at radius 1 is 1.18 bits per heavy atom. The topological polar surface area (TPSA) is 56.9 Å². The zero-order valence-electron chi connectivity index (χ0n) is 12.7. The van der Waals surface area contributed by atoms with Crippen LogP contribution in [0.1, 0.15) is 5.69 Å². The van der Waals surface area contributed by atoms with Crippen molar-refractivity contribution in [2.75, 3.05) is 0 Å². The number of nitrogens with zero attached hydrogens (tertiary/aromatic N) is 3. The summed E-state index contributed by atoms with van der Waals surface area (Å²) in [4.78, 5) is 28.1. The van der Waals surface area contributed by atoms with Crippen LogP contribution in [0.3, 0.4) is 0 Å². The SMILES string of the molecule is Cn1c(=O)n(C[Si](C)(C)C)c(=O)c2ccc(C(F)(F)F)nc21. The fourth-order valence-electron chi connectivity index (χ4n) is 2.15. The largest absolute Gasteiger partial charge is 0.433 e. The number of aryl methyl sites for hydroxylation is 1. The van der Waals surface area contributed by atoms with Crippen molar-refractivity contribution < 1.29 is 13.2 Å². The second-order valence-electron chi connectivity index (χ2n) is 6.36. The Bertz CT molecular complexity index is 847. The summed E-state index contributed by atoms with van der Waals surface area (Å²) in [5.41, 5.74) is -2.62. The van der Waals surface area contributed by atoms with Crippen molar-refractivity contribution in [3.8, 4) is 0 Å². The summed E-state index contributed by atoms with van der Waals surface area (Å²) < 4.78 is 40.2. The highest BCUT2D eigenvalue weighted by atomic mass is 28.3. The monoisotopic (exact) mass is 331 g/mol. The average molecular weight is 331 g/mol. The van der Waals surface area contributed by atoms with Crippen molar-refractivity contribution in [1.82, 2.24) is 14.1 Å². The van der Waals surface area contributed by atoms with Crippen LogP contribution in [0.15, 0.2) is 21.7 Å². The molecular formula is C13H16F3N3O2Si. The van der Waals surface area contributed by atoms with Crippen LogP contribution in [0, 0.1) is 0 Å². The van der Waals surface area contributed by atoms with Gasteiger partial charge in [-0.25, -0.2) is 9.78 Å². The molecule has 0 aliphatic heterocycles. The number of halogens is 3. The van der Waals surface area contributed by atoms with Gasteiger partial charge in [0.15, 0.2) is 0 Å². The highest BCUT2D eigenvalue weighted by Gasteiger charge is 2.33. The van der Waals surface area contributed by atoms with Crippen molar-refractivity contribution in [3.05, 3.63) is 38.7 Å². The molecule has 9 heteroatoms. The smallest absolute Gasteiger partial charge is 0.280 e. The molecule has 0 radical (unpaired) electrons. The summed E-state index contributed by atoms with van der Waals surface area (Å²) in [6, 6.07) is 1.83. The highest BCUT2D eigenvalue weighted by Crippen LogP contribution is 2.28. The van der Waals surface area contributed by atoms with E-state index in [2.05, 4.69) is 4.98 Å². The van der Waals surface area contributed by atoms with E-state index < -0.39 is 31.2 Å². The third-order valence-corrected chi connectivity index (χ3v) is 4.37. The fraction of sp³-hybridized carbons (Fsp3) is 0.462. The van der Waals surface area contributed by atoms with Gasteiger partial charge in [0.2, 0.25) is 0 Å². The molecule has 5 nitrogen and oxygen atoms in total. The summed E-state index contributed by atoms with van der Waals surface area (Å²) in [6.07, 6.45) is -4.33. The number of rotatable bonds is 2. The molecule has 0 aliphatic carbocycles. The highest BCUT2D eigenvalue weighted by molar-refractivity contribution is 6.74. The Kier molecular flexibility index (Phi) is 3.80. The molecule has 0 saturated carbocycles. The molecule has 0 spiro atoms. The third kappa shape index (κ3) is 2.98. The first kappa shape index (κ1) is 16.5. The maximum absolute atomic E-state index is 12.7. The van der Waals surface area contributed by atoms with E-state index in [1.165, 1.54) is 7.05 Å². The zero-order chi connectivity index (χ0) is 16.9. The van der Waals surface area contributed by atoms with E-state index in [9.17, 15) is 22.8 Å². The van der Waals surface area contributed by atoms with Gasteiger partial charge in [-0.1, -0.05) is 19.6 Å². The second kappa shape index (κ2) is 5.08. The summed E-state index contributed by atoms with van der Waals surface area (Å²) in [6.45, 7) is 5.98. The number of hydrogen-bond donors (Lipinski definition) is 0. The van der Waals surface area contributed by atoms with Crippen LogP contribution in [0.25, 0.3) is 11.0 Å². The molecule has 2 aromatic rings. The van der Waals surface area contributed by atoms with Crippen LogP contribution in [0.2, 0.25) is 19.6 Å². The van der Waals surface area contributed by atoms with Crippen molar-refractivity contribution in [2.24, 2.45) is 7.05 Å². The number of fused-ring (bicyclic) bond motifs is 1. The lowest BCUT2D eigenvalue weighted by molar-refractivity contribution is -0.141. The van der Waals surface area contributed by atoms with Crippen LogP contribution in [0.5, 0.6) is 0 Å². The molecule has 2 rings (SSSR count). The number of hydrogen-bond acceptors (Lipinski definition) is 3. The Labute approximate surface area is 125 Å². The minimum Gasteiger partial charge on any atom is -0.280 e. The van der Waals surface area contributed by atoms with Gasteiger partial charge in [0, 0.05) is 13.2 Å². The Morgan fingerprint density at radius 3 is 2.27 bits per heavy atom. The molecule has 0 amide bonds. The summed E-state index contributed by atoms with van der Waals surface area (Å²) in [5, 5.41) is 0.00773. The third-order valence-electron chi connectivity index (χ3n) is 3.11. The number of pyridine rings is 1. The van der Waals surface area contributed by atoms with Gasteiger partial charge in [0.1, 0.15) is 11.3 Å². The molecule has 0 unspecified atom stereocenters. The predicted octanol–water partition coefficient (Wildman–Crippen LogP) is 1.99. The molecule has 0 bridgehead atoms. The lowest BCUT2D eigenvalue weighted by atomic mass is 10.2. The first-order valence-electron chi connectivity index (χ1n) is 6.59. The lowest BCUT2D eigenvalue weighted by Gasteiger charge is -2.18. The average Bonchev–Trinajstić information content (AvgIpc) is 2.38. The summed E-state index contributed by atoms with van der Waals surface area (Å²) in [7, 11) is -0.445. The van der Waals surface area contributed by atoms with E-state index in [0.29, 0.717) is 6.17 Å². The molecule has 22 heavy (non-hydrogen) atoms. The zero-order valence-corrected chi connectivity index (χ0v) is 13.7. The maximum atomic E-state index is 12.7.